The fourth-order valence-corrected chi connectivity index (χ4v) is 1.48. The van der Waals surface area contributed by atoms with Crippen LogP contribution in [0.4, 0.5) is 0 Å². The lowest BCUT2D eigenvalue weighted by Crippen LogP contribution is -2.16. The molecule has 0 aliphatic heterocycles. The Morgan fingerprint density at radius 2 is 2.11 bits per heavy atom. The number of fused-ring (bicyclic) bond motifs is 1. The second-order valence-electron chi connectivity index (χ2n) is 2.82. The van der Waals surface area contributed by atoms with Crippen LogP contribution in [0, 0.1) is 0 Å². The molecule has 0 fully saturated rings. The molecule has 2 rings (SSSR count). The molecule has 1 aromatic rings. The molecule has 1 aliphatic rings. The number of hydrogen-bond acceptors (Lipinski definition) is 1. The highest BCUT2D eigenvalue weighted by Crippen LogP contribution is 2.46. The van der Waals surface area contributed by atoms with Gasteiger partial charge in [0.25, 0.3) is 0 Å². The van der Waals surface area contributed by atoms with Gasteiger partial charge in [0, 0.05) is 5.92 Å². The van der Waals surface area contributed by atoms with Gasteiger partial charge in [-0.2, -0.15) is 0 Å². The predicted molar refractivity (Wildman–Crippen MR) is 35.5 cm³/mol. The molecule has 9 heavy (non-hydrogen) atoms. The summed E-state index contributed by atoms with van der Waals surface area (Å²) in [5.74, 6) is 2.57. The van der Waals surface area contributed by atoms with Crippen molar-refractivity contribution in [2.75, 3.05) is 0 Å². The maximum atomic E-state index is 5.23. The molecule has 0 N–H and O–H groups in total. The molecular formula is C8H10O. The van der Waals surface area contributed by atoms with Crippen LogP contribution >= 0.6 is 0 Å². The maximum Gasteiger partial charge on any atom is 0.110 e. The second kappa shape index (κ2) is 1.41. The Hall–Kier alpha value is -0.720. The van der Waals surface area contributed by atoms with E-state index in [2.05, 4.69) is 19.9 Å². The molecule has 0 radical (unpaired) electrons. The third-order valence-corrected chi connectivity index (χ3v) is 2.38. The van der Waals surface area contributed by atoms with E-state index in [1.54, 1.807) is 6.26 Å². The van der Waals surface area contributed by atoms with Gasteiger partial charge in [-0.25, -0.2) is 0 Å². The monoisotopic (exact) mass is 122 g/mol. The van der Waals surface area contributed by atoms with Gasteiger partial charge in [0.05, 0.1) is 6.26 Å². The van der Waals surface area contributed by atoms with E-state index in [1.807, 2.05) is 0 Å². The van der Waals surface area contributed by atoms with Crippen molar-refractivity contribution in [2.45, 2.75) is 25.7 Å². The van der Waals surface area contributed by atoms with Crippen molar-refractivity contribution < 1.29 is 4.42 Å². The number of furan rings is 1. The van der Waals surface area contributed by atoms with Gasteiger partial charge in [0.15, 0.2) is 0 Å². The molecule has 1 unspecified atom stereocenters. The van der Waals surface area contributed by atoms with Gasteiger partial charge in [0.2, 0.25) is 0 Å². The highest BCUT2D eigenvalue weighted by Gasteiger charge is 2.33. The van der Waals surface area contributed by atoms with E-state index in [-0.39, 0.29) is 0 Å². The van der Waals surface area contributed by atoms with E-state index < -0.39 is 0 Å². The summed E-state index contributed by atoms with van der Waals surface area (Å²) >= 11 is 0. The molecule has 1 aromatic heterocycles. The van der Waals surface area contributed by atoms with Crippen LogP contribution in [0.2, 0.25) is 0 Å². The van der Waals surface area contributed by atoms with Gasteiger partial charge in [-0.3, -0.25) is 0 Å². The predicted octanol–water partition coefficient (Wildman–Crippen LogP) is 2.50. The van der Waals surface area contributed by atoms with E-state index in [0.29, 0.717) is 5.92 Å². The van der Waals surface area contributed by atoms with E-state index in [4.69, 9.17) is 4.42 Å². The van der Waals surface area contributed by atoms with Crippen LogP contribution in [-0.2, 0) is 0 Å². The van der Waals surface area contributed by atoms with Gasteiger partial charge >= 0.3 is 0 Å². The van der Waals surface area contributed by atoms with Crippen LogP contribution in [0.15, 0.2) is 16.7 Å². The van der Waals surface area contributed by atoms with Crippen molar-refractivity contribution in [1.82, 2.24) is 0 Å². The molecule has 2 atom stereocenters. The van der Waals surface area contributed by atoms with Gasteiger partial charge in [0.1, 0.15) is 5.76 Å². The molecule has 0 bridgehead atoms. The molecule has 0 spiro atoms. The first-order chi connectivity index (χ1) is 4.30. The molecule has 1 heterocycles. The SMILES string of the molecule is CC1c2occc2[C@@H]1C. The lowest BCUT2D eigenvalue weighted by molar-refractivity contribution is 0.393. The Balaban J connectivity index is 2.50. The smallest absolute Gasteiger partial charge is 0.110 e. The largest absolute Gasteiger partial charge is 0.469 e. The lowest BCUT2D eigenvalue weighted by atomic mass is 9.75. The van der Waals surface area contributed by atoms with E-state index in [1.165, 1.54) is 11.3 Å². The normalized spacial score (nSPS) is 31.3. The minimum absolute atomic E-state index is 0.648. The maximum absolute atomic E-state index is 5.23. The number of hydrogen-bond donors (Lipinski definition) is 0. The first kappa shape index (κ1) is 5.10. The highest BCUT2D eigenvalue weighted by atomic mass is 16.3. The molecular weight excluding hydrogens is 112 g/mol. The minimum atomic E-state index is 0.648. The first-order valence-electron chi connectivity index (χ1n) is 3.38. The van der Waals surface area contributed by atoms with Gasteiger partial charge in [-0.1, -0.05) is 13.8 Å². The van der Waals surface area contributed by atoms with Crippen LogP contribution < -0.4 is 0 Å². The minimum Gasteiger partial charge on any atom is -0.469 e. The van der Waals surface area contributed by atoms with E-state index >= 15 is 0 Å². The molecule has 1 heteroatoms. The van der Waals surface area contributed by atoms with Crippen molar-refractivity contribution in [3.05, 3.63) is 23.7 Å². The molecule has 48 valence electrons. The summed E-state index contributed by atoms with van der Waals surface area (Å²) in [6.07, 6.45) is 1.78. The zero-order chi connectivity index (χ0) is 6.43. The lowest BCUT2D eigenvalue weighted by Gasteiger charge is -2.28. The van der Waals surface area contributed by atoms with E-state index in [0.717, 1.165) is 5.92 Å². The Morgan fingerprint density at radius 3 is 2.78 bits per heavy atom. The average molecular weight is 122 g/mol. The summed E-state index contributed by atoms with van der Waals surface area (Å²) in [5.41, 5.74) is 1.41. The molecule has 1 nitrogen and oxygen atoms in total. The zero-order valence-corrected chi connectivity index (χ0v) is 5.72. The van der Waals surface area contributed by atoms with Gasteiger partial charge in [-0.15, -0.1) is 0 Å². The van der Waals surface area contributed by atoms with Gasteiger partial charge < -0.3 is 4.42 Å². The molecule has 0 aromatic carbocycles. The number of rotatable bonds is 0. The summed E-state index contributed by atoms with van der Waals surface area (Å²) in [7, 11) is 0. The van der Waals surface area contributed by atoms with Crippen LogP contribution in [-0.4, -0.2) is 0 Å². The summed E-state index contributed by atoms with van der Waals surface area (Å²) in [4.78, 5) is 0. The Morgan fingerprint density at radius 1 is 1.33 bits per heavy atom. The fraction of sp³-hybridized carbons (Fsp3) is 0.500. The third-order valence-electron chi connectivity index (χ3n) is 2.38. The molecule has 0 saturated carbocycles. The van der Waals surface area contributed by atoms with Crippen LogP contribution in [0.5, 0.6) is 0 Å². The highest BCUT2D eigenvalue weighted by molar-refractivity contribution is 5.36. The standard InChI is InChI=1S/C8H10O/c1-5-6(2)8-7(5)3-4-9-8/h3-6H,1-2H3/t5-,6?/m1/s1. The Kier molecular flexibility index (Phi) is 0.797. The molecule has 0 amide bonds. The van der Waals surface area contributed by atoms with Crippen molar-refractivity contribution in [2.24, 2.45) is 0 Å². The zero-order valence-electron chi connectivity index (χ0n) is 5.72. The second-order valence-corrected chi connectivity index (χ2v) is 2.82. The Labute approximate surface area is 54.7 Å². The fourth-order valence-electron chi connectivity index (χ4n) is 1.48. The summed E-state index contributed by atoms with van der Waals surface area (Å²) in [6, 6.07) is 2.07. The van der Waals surface area contributed by atoms with E-state index in [9.17, 15) is 0 Å². The van der Waals surface area contributed by atoms with Crippen LogP contribution in [0.3, 0.4) is 0 Å². The van der Waals surface area contributed by atoms with Crippen molar-refractivity contribution in [3.63, 3.8) is 0 Å². The van der Waals surface area contributed by atoms with Gasteiger partial charge in [-0.05, 0) is 17.5 Å². The summed E-state index contributed by atoms with van der Waals surface area (Å²) in [6.45, 7) is 4.44. The topological polar surface area (TPSA) is 13.1 Å². The quantitative estimate of drug-likeness (QED) is 0.515. The first-order valence-corrected chi connectivity index (χ1v) is 3.38. The average Bonchev–Trinajstić information content (AvgIpc) is 2.30. The van der Waals surface area contributed by atoms with Crippen LogP contribution in [0.1, 0.15) is 37.0 Å². The summed E-state index contributed by atoms with van der Waals surface area (Å²) < 4.78 is 5.23. The van der Waals surface area contributed by atoms with Crippen LogP contribution in [0.25, 0.3) is 0 Å². The molecule has 0 saturated heterocycles. The van der Waals surface area contributed by atoms with Crippen molar-refractivity contribution >= 4 is 0 Å². The molecule has 1 aliphatic carbocycles. The third kappa shape index (κ3) is 0.448. The van der Waals surface area contributed by atoms with Crippen molar-refractivity contribution in [1.29, 1.82) is 0 Å². The van der Waals surface area contributed by atoms with Crippen molar-refractivity contribution in [3.8, 4) is 0 Å². The Bertz CT molecular complexity index is 202. The summed E-state index contributed by atoms with van der Waals surface area (Å²) in [5, 5.41) is 0.